The van der Waals surface area contributed by atoms with Crippen molar-refractivity contribution in [1.29, 1.82) is 0 Å². The number of nitrogens with one attached hydrogen (secondary N) is 1. The standard InChI is InChI=1S/C24H30N4O3/c1-5-30-13-14-31-24-26-23(21-12-7-6-9-18(21)4)28(27-24)20-11-8-10-19(16-20)25-22(29)15-17(2)3/h6-12,16-17H,5,13-15H2,1-4H3,(H,25,29). The summed E-state index contributed by atoms with van der Waals surface area (Å²) in [5, 5.41) is 7.54. The molecule has 2 aromatic carbocycles. The van der Waals surface area contributed by atoms with Gasteiger partial charge in [0.2, 0.25) is 5.91 Å². The number of benzene rings is 2. The van der Waals surface area contributed by atoms with E-state index in [1.165, 1.54) is 0 Å². The van der Waals surface area contributed by atoms with Crippen molar-refractivity contribution in [3.8, 4) is 23.1 Å². The monoisotopic (exact) mass is 422 g/mol. The minimum absolute atomic E-state index is 0.00943. The second kappa shape index (κ2) is 10.7. The molecule has 7 heteroatoms. The largest absolute Gasteiger partial charge is 0.460 e. The molecule has 0 saturated heterocycles. The summed E-state index contributed by atoms with van der Waals surface area (Å²) < 4.78 is 12.8. The lowest BCUT2D eigenvalue weighted by atomic mass is 10.1. The van der Waals surface area contributed by atoms with Crippen molar-refractivity contribution in [2.75, 3.05) is 25.1 Å². The van der Waals surface area contributed by atoms with Crippen molar-refractivity contribution in [3.63, 3.8) is 0 Å². The van der Waals surface area contributed by atoms with Gasteiger partial charge >= 0.3 is 6.01 Å². The van der Waals surface area contributed by atoms with Gasteiger partial charge < -0.3 is 14.8 Å². The summed E-state index contributed by atoms with van der Waals surface area (Å²) in [5.41, 5.74) is 3.54. The smallest absolute Gasteiger partial charge is 0.336 e. The molecule has 7 nitrogen and oxygen atoms in total. The Morgan fingerprint density at radius 2 is 1.94 bits per heavy atom. The molecule has 31 heavy (non-hydrogen) atoms. The highest BCUT2D eigenvalue weighted by Crippen LogP contribution is 2.27. The summed E-state index contributed by atoms with van der Waals surface area (Å²) in [4.78, 5) is 16.8. The van der Waals surface area contributed by atoms with E-state index in [4.69, 9.17) is 9.47 Å². The maximum atomic E-state index is 12.2. The van der Waals surface area contributed by atoms with Crippen molar-refractivity contribution in [1.82, 2.24) is 14.8 Å². The maximum absolute atomic E-state index is 12.2. The molecule has 1 amide bonds. The molecule has 0 radical (unpaired) electrons. The summed E-state index contributed by atoms with van der Waals surface area (Å²) in [6, 6.07) is 15.9. The first-order chi connectivity index (χ1) is 15.0. The van der Waals surface area contributed by atoms with Crippen LogP contribution in [0.3, 0.4) is 0 Å². The molecule has 0 fully saturated rings. The fourth-order valence-electron chi connectivity index (χ4n) is 3.17. The van der Waals surface area contributed by atoms with Gasteiger partial charge in [0.05, 0.1) is 12.3 Å². The molecule has 164 valence electrons. The predicted molar refractivity (Wildman–Crippen MR) is 122 cm³/mol. The van der Waals surface area contributed by atoms with Crippen molar-refractivity contribution in [3.05, 3.63) is 54.1 Å². The van der Waals surface area contributed by atoms with Crippen LogP contribution < -0.4 is 10.1 Å². The van der Waals surface area contributed by atoms with E-state index in [1.807, 2.05) is 76.2 Å². The Kier molecular flexibility index (Phi) is 7.78. The minimum Gasteiger partial charge on any atom is -0.460 e. The van der Waals surface area contributed by atoms with Crippen LogP contribution >= 0.6 is 0 Å². The Morgan fingerprint density at radius 3 is 2.68 bits per heavy atom. The number of aryl methyl sites for hydroxylation is 1. The van der Waals surface area contributed by atoms with Crippen LogP contribution in [-0.2, 0) is 9.53 Å². The molecule has 1 N–H and O–H groups in total. The summed E-state index contributed by atoms with van der Waals surface area (Å²) in [5.74, 6) is 0.961. The predicted octanol–water partition coefficient (Wildman–Crippen LogP) is 4.64. The molecule has 3 aromatic rings. The first kappa shape index (κ1) is 22.5. The third-order valence-corrected chi connectivity index (χ3v) is 4.60. The summed E-state index contributed by atoms with van der Waals surface area (Å²) in [6.45, 7) is 9.50. The zero-order valence-electron chi connectivity index (χ0n) is 18.6. The highest BCUT2D eigenvalue weighted by atomic mass is 16.5. The van der Waals surface area contributed by atoms with Crippen molar-refractivity contribution >= 4 is 11.6 Å². The van der Waals surface area contributed by atoms with Gasteiger partial charge in [-0.25, -0.2) is 4.68 Å². The molecule has 0 bridgehead atoms. The van der Waals surface area contributed by atoms with Crippen LogP contribution in [0.5, 0.6) is 6.01 Å². The van der Waals surface area contributed by atoms with Crippen LogP contribution in [0.15, 0.2) is 48.5 Å². The van der Waals surface area contributed by atoms with Crippen LogP contribution in [0.1, 0.15) is 32.8 Å². The number of ether oxygens (including phenoxy) is 2. The molecule has 1 aromatic heterocycles. The van der Waals surface area contributed by atoms with Gasteiger partial charge in [-0.3, -0.25) is 4.79 Å². The number of hydrogen-bond acceptors (Lipinski definition) is 5. The molecular weight excluding hydrogens is 392 g/mol. The van der Waals surface area contributed by atoms with E-state index in [0.29, 0.717) is 43.7 Å². The van der Waals surface area contributed by atoms with E-state index < -0.39 is 0 Å². The van der Waals surface area contributed by atoms with Gasteiger partial charge in [0, 0.05) is 24.3 Å². The molecule has 3 rings (SSSR count). The number of hydrogen-bond donors (Lipinski definition) is 1. The number of nitrogens with zero attached hydrogens (tertiary/aromatic N) is 3. The van der Waals surface area contributed by atoms with Crippen LogP contribution in [0, 0.1) is 12.8 Å². The highest BCUT2D eigenvalue weighted by Gasteiger charge is 2.17. The highest BCUT2D eigenvalue weighted by molar-refractivity contribution is 5.91. The Balaban J connectivity index is 1.93. The second-order valence-electron chi connectivity index (χ2n) is 7.69. The van der Waals surface area contributed by atoms with Gasteiger partial charge in [0.15, 0.2) is 5.82 Å². The molecule has 0 atom stereocenters. The molecule has 0 saturated carbocycles. The Bertz CT molecular complexity index is 1010. The average molecular weight is 423 g/mol. The number of carbonyl (C=O) groups excluding carboxylic acids is 1. The van der Waals surface area contributed by atoms with E-state index >= 15 is 0 Å². The van der Waals surface area contributed by atoms with E-state index in [-0.39, 0.29) is 11.9 Å². The van der Waals surface area contributed by atoms with Gasteiger partial charge in [-0.15, -0.1) is 5.10 Å². The minimum atomic E-state index is -0.00943. The molecule has 0 aliphatic rings. The lowest BCUT2D eigenvalue weighted by Crippen LogP contribution is -2.14. The lowest BCUT2D eigenvalue weighted by Gasteiger charge is -2.11. The quantitative estimate of drug-likeness (QED) is 0.482. The number of rotatable bonds is 10. The molecule has 0 aliphatic heterocycles. The van der Waals surface area contributed by atoms with Crippen molar-refractivity contribution in [2.24, 2.45) is 5.92 Å². The molecule has 0 aliphatic carbocycles. The molecule has 0 unspecified atom stereocenters. The van der Waals surface area contributed by atoms with E-state index in [2.05, 4.69) is 15.4 Å². The lowest BCUT2D eigenvalue weighted by molar-refractivity contribution is -0.116. The molecular formula is C24H30N4O3. The van der Waals surface area contributed by atoms with Gasteiger partial charge in [-0.1, -0.05) is 44.2 Å². The average Bonchev–Trinajstić information content (AvgIpc) is 3.15. The SMILES string of the molecule is CCOCCOc1nc(-c2ccccc2C)n(-c2cccc(NC(=O)CC(C)C)c2)n1. The zero-order chi connectivity index (χ0) is 22.2. The van der Waals surface area contributed by atoms with Gasteiger partial charge in [0.1, 0.15) is 6.61 Å². The first-order valence-corrected chi connectivity index (χ1v) is 10.6. The summed E-state index contributed by atoms with van der Waals surface area (Å²) in [7, 11) is 0. The van der Waals surface area contributed by atoms with Crippen LogP contribution in [-0.4, -0.2) is 40.5 Å². The van der Waals surface area contributed by atoms with Crippen molar-refractivity contribution < 1.29 is 14.3 Å². The van der Waals surface area contributed by atoms with E-state index in [1.54, 1.807) is 4.68 Å². The third kappa shape index (κ3) is 6.15. The fraction of sp³-hybridized carbons (Fsp3) is 0.375. The van der Waals surface area contributed by atoms with Crippen LogP contribution in [0.25, 0.3) is 17.1 Å². The van der Waals surface area contributed by atoms with Gasteiger partial charge in [-0.05, 0) is 43.5 Å². The Labute approximate surface area is 183 Å². The zero-order valence-corrected chi connectivity index (χ0v) is 18.6. The number of anilines is 1. The third-order valence-electron chi connectivity index (χ3n) is 4.60. The topological polar surface area (TPSA) is 78.3 Å². The molecule has 0 spiro atoms. The summed E-state index contributed by atoms with van der Waals surface area (Å²) >= 11 is 0. The van der Waals surface area contributed by atoms with Crippen LogP contribution in [0.2, 0.25) is 0 Å². The van der Waals surface area contributed by atoms with Crippen molar-refractivity contribution in [2.45, 2.75) is 34.1 Å². The molecule has 1 heterocycles. The summed E-state index contributed by atoms with van der Waals surface area (Å²) in [6.07, 6.45) is 0.472. The normalized spacial score (nSPS) is 11.0. The fourth-order valence-corrected chi connectivity index (χ4v) is 3.17. The second-order valence-corrected chi connectivity index (χ2v) is 7.69. The van der Waals surface area contributed by atoms with Gasteiger partial charge in [-0.2, -0.15) is 4.98 Å². The number of carbonyl (C=O) groups is 1. The number of aromatic nitrogens is 3. The van der Waals surface area contributed by atoms with Crippen LogP contribution in [0.4, 0.5) is 5.69 Å². The Morgan fingerprint density at radius 1 is 1.13 bits per heavy atom. The van der Waals surface area contributed by atoms with E-state index in [0.717, 1.165) is 16.8 Å². The first-order valence-electron chi connectivity index (χ1n) is 10.6. The van der Waals surface area contributed by atoms with E-state index in [9.17, 15) is 4.79 Å². The van der Waals surface area contributed by atoms with Gasteiger partial charge in [0.25, 0.3) is 0 Å². The Hall–Kier alpha value is -3.19. The maximum Gasteiger partial charge on any atom is 0.336 e. The number of amides is 1.